The fourth-order valence-corrected chi connectivity index (χ4v) is 2.03. The summed E-state index contributed by atoms with van der Waals surface area (Å²) >= 11 is 0. The Balaban J connectivity index is 1.94. The second-order valence-electron chi connectivity index (χ2n) is 5.32. The lowest BCUT2D eigenvalue weighted by atomic mass is 10.2. The lowest BCUT2D eigenvalue weighted by Crippen LogP contribution is -2.30. The molecule has 5 heteroatoms. The minimum Gasteiger partial charge on any atom is -0.481 e. The standard InChI is InChI=1S/C18H20N2O3/c1-12-5-4-6-17(11-12)23-13(2)18(22)20-16-9-7-15(8-10-16)19-14(3)21/h4-11,13H,1-3H3,(H,19,21)(H,20,22)/t13-/m0/s1. The zero-order valence-corrected chi connectivity index (χ0v) is 13.4. The van der Waals surface area contributed by atoms with Gasteiger partial charge in [0.2, 0.25) is 5.91 Å². The number of rotatable bonds is 5. The van der Waals surface area contributed by atoms with E-state index in [0.717, 1.165) is 5.56 Å². The van der Waals surface area contributed by atoms with E-state index < -0.39 is 6.10 Å². The van der Waals surface area contributed by atoms with Crippen molar-refractivity contribution < 1.29 is 14.3 Å². The Kier molecular flexibility index (Phi) is 5.36. The van der Waals surface area contributed by atoms with Crippen molar-refractivity contribution in [1.29, 1.82) is 0 Å². The summed E-state index contributed by atoms with van der Waals surface area (Å²) in [5.74, 6) is 0.286. The van der Waals surface area contributed by atoms with Crippen molar-refractivity contribution in [3.05, 3.63) is 54.1 Å². The highest BCUT2D eigenvalue weighted by Crippen LogP contribution is 2.16. The number of nitrogens with one attached hydrogen (secondary N) is 2. The van der Waals surface area contributed by atoms with Gasteiger partial charge >= 0.3 is 0 Å². The van der Waals surface area contributed by atoms with Gasteiger partial charge in [-0.05, 0) is 55.8 Å². The van der Waals surface area contributed by atoms with Gasteiger partial charge in [-0.1, -0.05) is 12.1 Å². The molecule has 120 valence electrons. The molecule has 2 N–H and O–H groups in total. The monoisotopic (exact) mass is 312 g/mol. The third kappa shape index (κ3) is 5.14. The van der Waals surface area contributed by atoms with Crippen molar-refractivity contribution in [3.63, 3.8) is 0 Å². The molecule has 2 aromatic rings. The van der Waals surface area contributed by atoms with E-state index in [1.54, 1.807) is 31.2 Å². The van der Waals surface area contributed by atoms with Gasteiger partial charge in [0.1, 0.15) is 5.75 Å². The summed E-state index contributed by atoms with van der Waals surface area (Å²) in [6.07, 6.45) is -0.619. The van der Waals surface area contributed by atoms with Gasteiger partial charge < -0.3 is 15.4 Å². The van der Waals surface area contributed by atoms with Crippen LogP contribution in [-0.4, -0.2) is 17.9 Å². The number of ether oxygens (including phenoxy) is 1. The average molecular weight is 312 g/mol. The molecule has 5 nitrogen and oxygen atoms in total. The van der Waals surface area contributed by atoms with Crippen LogP contribution in [-0.2, 0) is 9.59 Å². The molecule has 0 fully saturated rings. The molecule has 2 amide bonds. The summed E-state index contributed by atoms with van der Waals surface area (Å²) in [7, 11) is 0. The van der Waals surface area contributed by atoms with Crippen LogP contribution in [0, 0.1) is 6.92 Å². The minimum atomic E-state index is -0.619. The Morgan fingerprint density at radius 3 is 2.17 bits per heavy atom. The van der Waals surface area contributed by atoms with Gasteiger partial charge in [0.25, 0.3) is 5.91 Å². The second kappa shape index (κ2) is 7.45. The molecular weight excluding hydrogens is 292 g/mol. The van der Waals surface area contributed by atoms with E-state index in [0.29, 0.717) is 17.1 Å². The fraction of sp³-hybridized carbons (Fsp3) is 0.222. The lowest BCUT2D eigenvalue weighted by Gasteiger charge is -2.15. The lowest BCUT2D eigenvalue weighted by molar-refractivity contribution is -0.122. The quantitative estimate of drug-likeness (QED) is 0.889. The van der Waals surface area contributed by atoms with Crippen LogP contribution >= 0.6 is 0 Å². The van der Waals surface area contributed by atoms with Crippen molar-refractivity contribution in [3.8, 4) is 5.75 Å². The third-order valence-electron chi connectivity index (χ3n) is 3.14. The van der Waals surface area contributed by atoms with E-state index in [1.165, 1.54) is 6.92 Å². The number of anilines is 2. The van der Waals surface area contributed by atoms with Crippen LogP contribution in [0.4, 0.5) is 11.4 Å². The number of amides is 2. The van der Waals surface area contributed by atoms with Gasteiger partial charge in [0.05, 0.1) is 0 Å². The Morgan fingerprint density at radius 2 is 1.61 bits per heavy atom. The molecule has 0 spiro atoms. The Labute approximate surface area is 135 Å². The molecule has 0 saturated carbocycles. The maximum atomic E-state index is 12.2. The fourth-order valence-electron chi connectivity index (χ4n) is 2.03. The summed E-state index contributed by atoms with van der Waals surface area (Å²) in [6.45, 7) is 5.11. The van der Waals surface area contributed by atoms with E-state index in [9.17, 15) is 9.59 Å². The predicted molar refractivity (Wildman–Crippen MR) is 90.6 cm³/mol. The first kappa shape index (κ1) is 16.5. The molecule has 0 aromatic heterocycles. The van der Waals surface area contributed by atoms with E-state index in [2.05, 4.69) is 10.6 Å². The zero-order valence-electron chi connectivity index (χ0n) is 13.4. The summed E-state index contributed by atoms with van der Waals surface area (Å²) in [6, 6.07) is 14.5. The van der Waals surface area contributed by atoms with Gasteiger partial charge in [0.15, 0.2) is 6.10 Å². The molecule has 0 bridgehead atoms. The van der Waals surface area contributed by atoms with Crippen LogP contribution in [0.5, 0.6) is 5.75 Å². The molecule has 0 aliphatic carbocycles. The first-order valence-corrected chi connectivity index (χ1v) is 7.36. The van der Waals surface area contributed by atoms with E-state index in [4.69, 9.17) is 4.74 Å². The highest BCUT2D eigenvalue weighted by molar-refractivity contribution is 5.94. The number of hydrogen-bond acceptors (Lipinski definition) is 3. The van der Waals surface area contributed by atoms with Gasteiger partial charge in [-0.25, -0.2) is 0 Å². The summed E-state index contributed by atoms with van der Waals surface area (Å²) in [5, 5.41) is 5.45. The smallest absolute Gasteiger partial charge is 0.265 e. The molecule has 0 saturated heterocycles. The molecule has 2 rings (SSSR count). The summed E-state index contributed by atoms with van der Waals surface area (Å²) in [4.78, 5) is 23.1. The minimum absolute atomic E-state index is 0.137. The van der Waals surface area contributed by atoms with E-state index >= 15 is 0 Å². The number of aryl methyl sites for hydroxylation is 1. The molecule has 0 radical (unpaired) electrons. The van der Waals surface area contributed by atoms with Crippen LogP contribution in [0.15, 0.2) is 48.5 Å². The highest BCUT2D eigenvalue weighted by Gasteiger charge is 2.14. The second-order valence-corrected chi connectivity index (χ2v) is 5.32. The Hall–Kier alpha value is -2.82. The van der Waals surface area contributed by atoms with Gasteiger partial charge in [-0.15, -0.1) is 0 Å². The summed E-state index contributed by atoms with van der Waals surface area (Å²) in [5.41, 5.74) is 2.40. The molecule has 23 heavy (non-hydrogen) atoms. The van der Waals surface area contributed by atoms with Gasteiger partial charge in [0, 0.05) is 18.3 Å². The van der Waals surface area contributed by atoms with Crippen LogP contribution in [0.1, 0.15) is 19.4 Å². The molecular formula is C18H20N2O3. The third-order valence-corrected chi connectivity index (χ3v) is 3.14. The maximum absolute atomic E-state index is 12.2. The van der Waals surface area contributed by atoms with E-state index in [-0.39, 0.29) is 11.8 Å². The van der Waals surface area contributed by atoms with Crippen LogP contribution in [0.25, 0.3) is 0 Å². The van der Waals surface area contributed by atoms with Crippen molar-refractivity contribution in [2.24, 2.45) is 0 Å². The molecule has 0 aliphatic heterocycles. The van der Waals surface area contributed by atoms with Gasteiger partial charge in [-0.2, -0.15) is 0 Å². The Bertz CT molecular complexity index is 696. The number of hydrogen-bond donors (Lipinski definition) is 2. The molecule has 1 atom stereocenters. The normalized spacial score (nSPS) is 11.4. The van der Waals surface area contributed by atoms with Crippen molar-refractivity contribution >= 4 is 23.2 Å². The average Bonchev–Trinajstić information content (AvgIpc) is 2.48. The number of benzene rings is 2. The topological polar surface area (TPSA) is 67.4 Å². The highest BCUT2D eigenvalue weighted by atomic mass is 16.5. The van der Waals surface area contributed by atoms with Crippen LogP contribution in [0.2, 0.25) is 0 Å². The molecule has 0 heterocycles. The Morgan fingerprint density at radius 1 is 1.00 bits per heavy atom. The zero-order chi connectivity index (χ0) is 16.8. The van der Waals surface area contributed by atoms with Crippen molar-refractivity contribution in [2.45, 2.75) is 26.9 Å². The van der Waals surface area contributed by atoms with E-state index in [1.807, 2.05) is 31.2 Å². The predicted octanol–water partition coefficient (Wildman–Crippen LogP) is 3.36. The first-order valence-electron chi connectivity index (χ1n) is 7.36. The van der Waals surface area contributed by atoms with Gasteiger partial charge in [-0.3, -0.25) is 9.59 Å². The molecule has 2 aromatic carbocycles. The van der Waals surface area contributed by atoms with Crippen molar-refractivity contribution in [2.75, 3.05) is 10.6 Å². The van der Waals surface area contributed by atoms with Crippen LogP contribution in [0.3, 0.4) is 0 Å². The largest absolute Gasteiger partial charge is 0.481 e. The molecule has 0 aliphatic rings. The maximum Gasteiger partial charge on any atom is 0.265 e. The number of carbonyl (C=O) groups excluding carboxylic acids is 2. The van der Waals surface area contributed by atoms with Crippen molar-refractivity contribution in [1.82, 2.24) is 0 Å². The molecule has 0 unspecified atom stereocenters. The number of carbonyl (C=O) groups is 2. The SMILES string of the molecule is CC(=O)Nc1ccc(NC(=O)[C@H](C)Oc2cccc(C)c2)cc1. The van der Waals surface area contributed by atoms with Crippen LogP contribution < -0.4 is 15.4 Å². The summed E-state index contributed by atoms with van der Waals surface area (Å²) < 4.78 is 5.64. The first-order chi connectivity index (χ1) is 10.9.